The molecule has 2 aromatic heterocycles. The maximum atomic E-state index is 13.1. The lowest BCUT2D eigenvalue weighted by Gasteiger charge is -2.42. The highest BCUT2D eigenvalue weighted by molar-refractivity contribution is 5.84. The fraction of sp³-hybridized carbons (Fsp3) is 0.364. The first-order chi connectivity index (χ1) is 13.6. The maximum absolute atomic E-state index is 13.1. The van der Waals surface area contributed by atoms with E-state index in [2.05, 4.69) is 0 Å². The summed E-state index contributed by atoms with van der Waals surface area (Å²) in [5.74, 6) is 1.54. The van der Waals surface area contributed by atoms with E-state index in [1.54, 1.807) is 13.2 Å². The van der Waals surface area contributed by atoms with Gasteiger partial charge in [0, 0.05) is 54.4 Å². The number of nitrogens with zero attached hydrogens (tertiary/aromatic N) is 3. The highest BCUT2D eigenvalue weighted by atomic mass is 16.5. The first kappa shape index (κ1) is 17.1. The van der Waals surface area contributed by atoms with E-state index in [9.17, 15) is 9.59 Å². The molecule has 6 heteroatoms. The molecule has 1 amide bonds. The molecule has 0 unspecified atom stereocenters. The SMILES string of the molecule is COc1ccc2c(ccn2CC(=O)N2C[C@H]3C[C@@H](C2)c2cccc(=O)n2C3)c1. The molecule has 0 N–H and O–H groups in total. The zero-order valence-corrected chi connectivity index (χ0v) is 15.9. The molecule has 1 saturated heterocycles. The summed E-state index contributed by atoms with van der Waals surface area (Å²) in [5, 5.41) is 1.07. The predicted molar refractivity (Wildman–Crippen MR) is 107 cm³/mol. The van der Waals surface area contributed by atoms with E-state index in [4.69, 9.17) is 4.74 Å². The number of pyridine rings is 1. The molecule has 2 aliphatic heterocycles. The third-order valence-corrected chi connectivity index (χ3v) is 6.12. The number of fused-ring (bicyclic) bond motifs is 5. The number of hydrogen-bond acceptors (Lipinski definition) is 3. The summed E-state index contributed by atoms with van der Waals surface area (Å²) in [5.41, 5.74) is 2.17. The van der Waals surface area contributed by atoms with E-state index < -0.39 is 0 Å². The second kappa shape index (κ2) is 6.55. The van der Waals surface area contributed by atoms with E-state index in [1.807, 2.05) is 56.6 Å². The monoisotopic (exact) mass is 377 g/mol. The Bertz CT molecular complexity index is 1110. The summed E-state index contributed by atoms with van der Waals surface area (Å²) in [7, 11) is 1.65. The summed E-state index contributed by atoms with van der Waals surface area (Å²) in [6.07, 6.45) is 3.02. The van der Waals surface area contributed by atoms with Gasteiger partial charge in [-0.15, -0.1) is 0 Å². The van der Waals surface area contributed by atoms with Crippen LogP contribution in [0.4, 0.5) is 0 Å². The normalized spacial score (nSPS) is 20.8. The second-order valence-electron chi connectivity index (χ2n) is 7.87. The third kappa shape index (κ3) is 2.80. The predicted octanol–water partition coefficient (Wildman–Crippen LogP) is 2.46. The summed E-state index contributed by atoms with van der Waals surface area (Å²) in [6.45, 7) is 2.45. The molecule has 5 rings (SSSR count). The molecule has 0 aliphatic carbocycles. The van der Waals surface area contributed by atoms with Crippen molar-refractivity contribution in [3.05, 3.63) is 64.7 Å². The van der Waals surface area contributed by atoms with Crippen molar-refractivity contribution in [1.82, 2.24) is 14.0 Å². The van der Waals surface area contributed by atoms with Gasteiger partial charge in [0.1, 0.15) is 12.3 Å². The van der Waals surface area contributed by atoms with Gasteiger partial charge in [0.05, 0.1) is 7.11 Å². The number of likely N-dealkylation sites (tertiary alicyclic amines) is 1. The van der Waals surface area contributed by atoms with E-state index in [0.29, 0.717) is 25.6 Å². The van der Waals surface area contributed by atoms with Gasteiger partial charge in [-0.3, -0.25) is 9.59 Å². The zero-order valence-electron chi connectivity index (χ0n) is 15.9. The van der Waals surface area contributed by atoms with Crippen LogP contribution in [0.3, 0.4) is 0 Å². The Kier molecular flexibility index (Phi) is 4.00. The summed E-state index contributed by atoms with van der Waals surface area (Å²) < 4.78 is 9.17. The summed E-state index contributed by atoms with van der Waals surface area (Å²) in [4.78, 5) is 27.2. The van der Waals surface area contributed by atoms with Crippen LogP contribution in [0.2, 0.25) is 0 Å². The molecule has 2 aliphatic rings. The number of hydrogen-bond donors (Lipinski definition) is 0. The molecule has 4 heterocycles. The summed E-state index contributed by atoms with van der Waals surface area (Å²) >= 11 is 0. The molecule has 2 bridgehead atoms. The lowest BCUT2D eigenvalue weighted by atomic mass is 9.83. The van der Waals surface area contributed by atoms with Gasteiger partial charge in [0.2, 0.25) is 5.91 Å². The Morgan fingerprint density at radius 1 is 1.14 bits per heavy atom. The lowest BCUT2D eigenvalue weighted by Crippen LogP contribution is -2.49. The van der Waals surface area contributed by atoms with Gasteiger partial charge in [-0.05, 0) is 42.7 Å². The van der Waals surface area contributed by atoms with Crippen LogP contribution in [-0.4, -0.2) is 40.1 Å². The van der Waals surface area contributed by atoms with Gasteiger partial charge in [-0.1, -0.05) is 6.07 Å². The van der Waals surface area contributed by atoms with Crippen molar-refractivity contribution in [3.63, 3.8) is 0 Å². The van der Waals surface area contributed by atoms with Crippen LogP contribution in [-0.2, 0) is 17.9 Å². The number of aromatic nitrogens is 2. The Morgan fingerprint density at radius 3 is 2.89 bits per heavy atom. The molecule has 28 heavy (non-hydrogen) atoms. The quantitative estimate of drug-likeness (QED) is 0.705. The highest BCUT2D eigenvalue weighted by Gasteiger charge is 2.36. The molecule has 6 nitrogen and oxygen atoms in total. The number of carbonyl (C=O) groups excluding carboxylic acids is 1. The molecule has 1 aromatic carbocycles. The molecule has 0 spiro atoms. The van der Waals surface area contributed by atoms with Crippen LogP contribution in [0.25, 0.3) is 10.9 Å². The number of benzene rings is 1. The molecule has 0 saturated carbocycles. The number of rotatable bonds is 3. The van der Waals surface area contributed by atoms with E-state index >= 15 is 0 Å². The van der Waals surface area contributed by atoms with Gasteiger partial charge in [-0.25, -0.2) is 0 Å². The van der Waals surface area contributed by atoms with E-state index in [0.717, 1.165) is 35.3 Å². The van der Waals surface area contributed by atoms with Crippen molar-refractivity contribution in [1.29, 1.82) is 0 Å². The van der Waals surface area contributed by atoms with Crippen molar-refractivity contribution in [2.75, 3.05) is 20.2 Å². The van der Waals surface area contributed by atoms with Crippen LogP contribution >= 0.6 is 0 Å². The molecule has 144 valence electrons. The van der Waals surface area contributed by atoms with Crippen LogP contribution in [0, 0.1) is 5.92 Å². The number of piperidine rings is 1. The van der Waals surface area contributed by atoms with E-state index in [-0.39, 0.29) is 17.4 Å². The van der Waals surface area contributed by atoms with Crippen LogP contribution < -0.4 is 10.3 Å². The van der Waals surface area contributed by atoms with Crippen LogP contribution in [0.1, 0.15) is 18.0 Å². The number of ether oxygens (including phenoxy) is 1. The Balaban J connectivity index is 1.37. The van der Waals surface area contributed by atoms with Crippen molar-refractivity contribution < 1.29 is 9.53 Å². The topological polar surface area (TPSA) is 56.5 Å². The van der Waals surface area contributed by atoms with Crippen molar-refractivity contribution in [3.8, 4) is 5.75 Å². The van der Waals surface area contributed by atoms with Crippen molar-refractivity contribution >= 4 is 16.8 Å². The largest absolute Gasteiger partial charge is 0.497 e. The fourth-order valence-corrected chi connectivity index (χ4v) is 4.79. The standard InChI is InChI=1S/C22H23N3O3/c1-28-18-5-6-19-16(10-18)7-8-23(19)14-22(27)24-11-15-9-17(13-24)20-3-2-4-21(26)25(20)12-15/h2-8,10,15,17H,9,11-14H2,1H3/t15-,17+/m1/s1. The first-order valence-electron chi connectivity index (χ1n) is 9.73. The minimum Gasteiger partial charge on any atom is -0.497 e. The number of carbonyl (C=O) groups is 1. The average Bonchev–Trinajstić information content (AvgIpc) is 3.10. The second-order valence-corrected chi connectivity index (χ2v) is 7.87. The number of methoxy groups -OCH3 is 1. The van der Waals surface area contributed by atoms with Gasteiger partial charge >= 0.3 is 0 Å². The molecular formula is C22H23N3O3. The average molecular weight is 377 g/mol. The minimum absolute atomic E-state index is 0.0706. The first-order valence-corrected chi connectivity index (χ1v) is 9.73. The fourth-order valence-electron chi connectivity index (χ4n) is 4.79. The van der Waals surface area contributed by atoms with Crippen LogP contribution in [0.15, 0.2) is 53.5 Å². The molecule has 1 fully saturated rings. The zero-order chi connectivity index (χ0) is 19.3. The smallest absolute Gasteiger partial charge is 0.250 e. The van der Waals surface area contributed by atoms with Crippen molar-refractivity contribution in [2.24, 2.45) is 5.92 Å². The highest BCUT2D eigenvalue weighted by Crippen LogP contribution is 2.35. The molecule has 3 aromatic rings. The van der Waals surface area contributed by atoms with Gasteiger partial charge in [0.15, 0.2) is 0 Å². The van der Waals surface area contributed by atoms with E-state index in [1.165, 1.54) is 0 Å². The van der Waals surface area contributed by atoms with Gasteiger partial charge < -0.3 is 18.8 Å². The minimum atomic E-state index is 0.0706. The molecule has 2 atom stereocenters. The molecule has 0 radical (unpaired) electrons. The lowest BCUT2D eigenvalue weighted by molar-refractivity contribution is -0.134. The van der Waals surface area contributed by atoms with Gasteiger partial charge in [0.25, 0.3) is 5.56 Å². The third-order valence-electron chi connectivity index (χ3n) is 6.12. The van der Waals surface area contributed by atoms with Crippen molar-refractivity contribution in [2.45, 2.75) is 25.4 Å². The Hall–Kier alpha value is -3.02. The molecular weight excluding hydrogens is 354 g/mol. The maximum Gasteiger partial charge on any atom is 0.250 e. The Labute approximate surface area is 162 Å². The Morgan fingerprint density at radius 2 is 2.04 bits per heavy atom. The van der Waals surface area contributed by atoms with Crippen LogP contribution in [0.5, 0.6) is 5.75 Å². The summed E-state index contributed by atoms with van der Waals surface area (Å²) in [6, 6.07) is 13.4. The number of amides is 1. The van der Waals surface area contributed by atoms with Gasteiger partial charge in [-0.2, -0.15) is 0 Å².